The number of carbonyl (C=O) groups excluding carboxylic acids is 2. The normalized spacial score (nSPS) is 13.7. The van der Waals surface area contributed by atoms with Crippen molar-refractivity contribution >= 4 is 17.7 Å². The summed E-state index contributed by atoms with van der Waals surface area (Å²) in [4.78, 5) is 34.4. The number of carbonyl (C=O) groups is 3. The molecule has 0 amide bonds. The molecule has 20 heavy (non-hydrogen) atoms. The average molecular weight is 289 g/mol. The maximum atomic E-state index is 12.1. The van der Waals surface area contributed by atoms with Crippen molar-refractivity contribution < 1.29 is 29.3 Å². The third-order valence-electron chi connectivity index (χ3n) is 2.80. The molecule has 0 radical (unpaired) electrons. The Morgan fingerprint density at radius 2 is 1.70 bits per heavy atom. The Bertz CT molecular complexity index is 383. The molecule has 3 N–H and O–H groups in total. The van der Waals surface area contributed by atoms with E-state index in [9.17, 15) is 19.5 Å². The summed E-state index contributed by atoms with van der Waals surface area (Å²) >= 11 is 0. The number of hydrogen-bond donors (Lipinski definition) is 3. The van der Waals surface area contributed by atoms with Gasteiger partial charge < -0.3 is 14.9 Å². The lowest BCUT2D eigenvalue weighted by Crippen LogP contribution is -2.58. The second-order valence-electron chi connectivity index (χ2n) is 5.67. The zero-order valence-electron chi connectivity index (χ0n) is 12.5. The number of ether oxygens (including phenoxy) is 1. The van der Waals surface area contributed by atoms with Crippen LogP contribution in [0.1, 0.15) is 40.5 Å². The molecule has 0 fully saturated rings. The van der Waals surface area contributed by atoms with Crippen LogP contribution in [0.3, 0.4) is 0 Å². The summed E-state index contributed by atoms with van der Waals surface area (Å²) in [6.07, 6.45) is -0.282. The smallest absolute Gasteiger partial charge is 0.325 e. The maximum absolute atomic E-state index is 12.1. The quantitative estimate of drug-likeness (QED) is 0.543. The number of rotatable bonds is 8. The molecule has 0 bridgehead atoms. The summed E-state index contributed by atoms with van der Waals surface area (Å²) in [6.45, 7) is 5.67. The standard InChI is InChI=1S/C13H23NO6/c1-12(2,11(18)20-5)14-8(6-7-9(15)16)10(17)13(3,4)19/h8,14,19H,6-7H2,1-5H3,(H,15,16). The van der Waals surface area contributed by atoms with E-state index in [1.165, 1.54) is 34.8 Å². The van der Waals surface area contributed by atoms with Gasteiger partial charge in [-0.05, 0) is 34.1 Å². The molecule has 7 heteroatoms. The van der Waals surface area contributed by atoms with Gasteiger partial charge in [0.05, 0.1) is 13.2 Å². The molecule has 0 saturated carbocycles. The van der Waals surface area contributed by atoms with Gasteiger partial charge in [0.15, 0.2) is 5.78 Å². The molecule has 0 aliphatic heterocycles. The molecule has 0 aromatic heterocycles. The Hall–Kier alpha value is -1.47. The van der Waals surface area contributed by atoms with Gasteiger partial charge in [-0.3, -0.25) is 19.7 Å². The van der Waals surface area contributed by atoms with Crippen LogP contribution in [0.2, 0.25) is 0 Å². The highest BCUT2D eigenvalue weighted by molar-refractivity contribution is 5.92. The fraction of sp³-hybridized carbons (Fsp3) is 0.769. The molecule has 0 spiro atoms. The largest absolute Gasteiger partial charge is 0.481 e. The first-order valence-corrected chi connectivity index (χ1v) is 6.26. The number of Topliss-reactive ketones (excluding diaryl/α,β-unsaturated/α-hetero) is 1. The van der Waals surface area contributed by atoms with Crippen LogP contribution in [0.5, 0.6) is 0 Å². The first-order valence-electron chi connectivity index (χ1n) is 6.26. The van der Waals surface area contributed by atoms with Crippen LogP contribution in [0.15, 0.2) is 0 Å². The molecule has 116 valence electrons. The van der Waals surface area contributed by atoms with Crippen molar-refractivity contribution in [2.24, 2.45) is 0 Å². The molecule has 0 aromatic rings. The number of carboxylic acids is 1. The van der Waals surface area contributed by atoms with Gasteiger partial charge in [0, 0.05) is 6.42 Å². The van der Waals surface area contributed by atoms with Crippen LogP contribution in [0, 0.1) is 0 Å². The van der Waals surface area contributed by atoms with Gasteiger partial charge in [-0.15, -0.1) is 0 Å². The number of carboxylic acid groups (broad SMARTS) is 1. The molecular formula is C13H23NO6. The van der Waals surface area contributed by atoms with Gasteiger partial charge >= 0.3 is 11.9 Å². The van der Waals surface area contributed by atoms with E-state index in [0.717, 1.165) is 0 Å². The fourth-order valence-corrected chi connectivity index (χ4v) is 1.71. The first-order chi connectivity index (χ1) is 8.91. The SMILES string of the molecule is COC(=O)C(C)(C)NC(CCC(=O)O)C(=O)C(C)(C)O. The van der Waals surface area contributed by atoms with Crippen LogP contribution < -0.4 is 5.32 Å². The van der Waals surface area contributed by atoms with E-state index in [-0.39, 0.29) is 12.8 Å². The third kappa shape index (κ3) is 5.66. The van der Waals surface area contributed by atoms with E-state index in [4.69, 9.17) is 5.11 Å². The lowest BCUT2D eigenvalue weighted by molar-refractivity contribution is -0.148. The number of methoxy groups -OCH3 is 1. The number of nitrogens with one attached hydrogen (secondary N) is 1. The third-order valence-corrected chi connectivity index (χ3v) is 2.80. The summed E-state index contributed by atoms with van der Waals surface area (Å²) in [7, 11) is 1.22. The van der Waals surface area contributed by atoms with Crippen molar-refractivity contribution in [2.45, 2.75) is 57.7 Å². The summed E-state index contributed by atoms with van der Waals surface area (Å²) < 4.78 is 4.62. The Morgan fingerprint density at radius 1 is 1.20 bits per heavy atom. The lowest BCUT2D eigenvalue weighted by atomic mass is 9.91. The van der Waals surface area contributed by atoms with Crippen LogP contribution in [-0.2, 0) is 19.1 Å². The van der Waals surface area contributed by atoms with Crippen LogP contribution in [0.4, 0.5) is 0 Å². The second kappa shape index (κ2) is 6.81. The van der Waals surface area contributed by atoms with Crippen molar-refractivity contribution in [3.8, 4) is 0 Å². The van der Waals surface area contributed by atoms with Crippen LogP contribution >= 0.6 is 0 Å². The summed E-state index contributed by atoms with van der Waals surface area (Å²) in [5, 5.41) is 21.2. The number of aliphatic carboxylic acids is 1. The van der Waals surface area contributed by atoms with Crippen molar-refractivity contribution in [1.29, 1.82) is 0 Å². The van der Waals surface area contributed by atoms with Crippen LogP contribution in [-0.4, -0.2) is 52.2 Å². The van der Waals surface area contributed by atoms with E-state index >= 15 is 0 Å². The van der Waals surface area contributed by atoms with Gasteiger partial charge in [0.1, 0.15) is 11.1 Å². The minimum atomic E-state index is -1.62. The van der Waals surface area contributed by atoms with Crippen molar-refractivity contribution in [3.05, 3.63) is 0 Å². The van der Waals surface area contributed by atoms with Gasteiger partial charge in [0.25, 0.3) is 0 Å². The molecule has 1 atom stereocenters. The number of aliphatic hydroxyl groups is 1. The van der Waals surface area contributed by atoms with Crippen molar-refractivity contribution in [2.75, 3.05) is 7.11 Å². The number of ketones is 1. The first kappa shape index (κ1) is 18.5. The molecule has 0 rings (SSSR count). The van der Waals surface area contributed by atoms with E-state index in [0.29, 0.717) is 0 Å². The predicted octanol–water partition coefficient (Wildman–Crippen LogP) is 0.101. The molecule has 1 unspecified atom stereocenters. The Labute approximate surface area is 118 Å². The summed E-state index contributed by atoms with van der Waals surface area (Å²) in [6, 6.07) is -0.958. The van der Waals surface area contributed by atoms with Crippen molar-refractivity contribution in [1.82, 2.24) is 5.32 Å². The highest BCUT2D eigenvalue weighted by Gasteiger charge is 2.38. The van der Waals surface area contributed by atoms with Gasteiger partial charge in [-0.25, -0.2) is 0 Å². The zero-order valence-corrected chi connectivity index (χ0v) is 12.5. The molecule has 0 aromatic carbocycles. The molecule has 0 heterocycles. The molecular weight excluding hydrogens is 266 g/mol. The van der Waals surface area contributed by atoms with E-state index in [2.05, 4.69) is 10.1 Å². The topological polar surface area (TPSA) is 113 Å². The summed E-state index contributed by atoms with van der Waals surface area (Å²) in [5.74, 6) is -2.21. The highest BCUT2D eigenvalue weighted by Crippen LogP contribution is 2.15. The maximum Gasteiger partial charge on any atom is 0.325 e. The Morgan fingerprint density at radius 3 is 2.05 bits per heavy atom. The van der Waals surface area contributed by atoms with E-state index in [1.807, 2.05) is 0 Å². The number of esters is 1. The average Bonchev–Trinajstić information content (AvgIpc) is 2.30. The van der Waals surface area contributed by atoms with Gasteiger partial charge in [-0.1, -0.05) is 0 Å². The highest BCUT2D eigenvalue weighted by atomic mass is 16.5. The van der Waals surface area contributed by atoms with E-state index in [1.54, 1.807) is 0 Å². The van der Waals surface area contributed by atoms with E-state index < -0.39 is 34.9 Å². The Balaban J connectivity index is 5.08. The van der Waals surface area contributed by atoms with Gasteiger partial charge in [-0.2, -0.15) is 0 Å². The molecule has 0 saturated heterocycles. The monoisotopic (exact) mass is 289 g/mol. The van der Waals surface area contributed by atoms with Gasteiger partial charge in [0.2, 0.25) is 0 Å². The molecule has 0 aliphatic carbocycles. The number of hydrogen-bond acceptors (Lipinski definition) is 6. The molecule has 0 aliphatic rings. The zero-order chi connectivity index (χ0) is 16.1. The minimum Gasteiger partial charge on any atom is -0.481 e. The minimum absolute atomic E-state index is 0.0292. The van der Waals surface area contributed by atoms with Crippen molar-refractivity contribution in [3.63, 3.8) is 0 Å². The second-order valence-corrected chi connectivity index (χ2v) is 5.67. The fourth-order valence-electron chi connectivity index (χ4n) is 1.71. The summed E-state index contributed by atoms with van der Waals surface area (Å²) in [5.41, 5.74) is -2.79. The molecule has 7 nitrogen and oxygen atoms in total. The van der Waals surface area contributed by atoms with Crippen LogP contribution in [0.25, 0.3) is 0 Å². The Kier molecular flexibility index (Phi) is 6.31. The predicted molar refractivity (Wildman–Crippen MR) is 71.2 cm³/mol. The lowest BCUT2D eigenvalue weighted by Gasteiger charge is -2.31.